The summed E-state index contributed by atoms with van der Waals surface area (Å²) in [5.41, 5.74) is 10.4. The monoisotopic (exact) mass is 239 g/mol. The molecule has 0 spiro atoms. The minimum Gasteiger partial charge on any atom is -0.396 e. The summed E-state index contributed by atoms with van der Waals surface area (Å²) >= 11 is 0. The normalized spacial score (nSPS) is 15.0. The van der Waals surface area contributed by atoms with Gasteiger partial charge in [0, 0.05) is 24.8 Å². The molecular weight excluding hydrogens is 222 g/mol. The van der Waals surface area contributed by atoms with Gasteiger partial charge in [-0.25, -0.2) is 0 Å². The van der Waals surface area contributed by atoms with Crippen LogP contribution in [0.15, 0.2) is 42.7 Å². The number of hydrogen-bond donors (Lipinski definition) is 1. The molecule has 2 heterocycles. The van der Waals surface area contributed by atoms with Crippen molar-refractivity contribution in [1.82, 2.24) is 4.98 Å². The van der Waals surface area contributed by atoms with E-state index in [1.54, 1.807) is 6.20 Å². The molecule has 0 atom stereocenters. The molecule has 0 radical (unpaired) electrons. The number of nitrogen functional groups attached to an aromatic ring is 1. The lowest BCUT2D eigenvalue weighted by molar-refractivity contribution is 0.949. The van der Waals surface area contributed by atoms with Crippen LogP contribution in [0.25, 0.3) is 11.1 Å². The van der Waals surface area contributed by atoms with E-state index in [-0.39, 0.29) is 0 Å². The molecule has 1 saturated heterocycles. The predicted octanol–water partition coefficient (Wildman–Crippen LogP) is 2.93. The minimum atomic E-state index is 0.776. The van der Waals surface area contributed by atoms with Crippen molar-refractivity contribution in [1.29, 1.82) is 0 Å². The van der Waals surface area contributed by atoms with E-state index in [0.717, 1.165) is 30.0 Å². The molecular formula is C15H17N3. The summed E-state index contributed by atoms with van der Waals surface area (Å²) in [6.07, 6.45) is 6.16. The lowest BCUT2D eigenvalue weighted by atomic mass is 10.0. The summed E-state index contributed by atoms with van der Waals surface area (Å²) in [4.78, 5) is 6.62. The molecule has 0 bridgehead atoms. The lowest BCUT2D eigenvalue weighted by Gasteiger charge is -2.23. The molecule has 1 fully saturated rings. The topological polar surface area (TPSA) is 42.1 Å². The fraction of sp³-hybridized carbons (Fsp3) is 0.267. The molecule has 0 saturated carbocycles. The van der Waals surface area contributed by atoms with Gasteiger partial charge in [-0.3, -0.25) is 4.98 Å². The number of anilines is 2. The van der Waals surface area contributed by atoms with Gasteiger partial charge in [-0.2, -0.15) is 0 Å². The maximum absolute atomic E-state index is 6.13. The zero-order valence-corrected chi connectivity index (χ0v) is 10.3. The van der Waals surface area contributed by atoms with Gasteiger partial charge in [0.05, 0.1) is 17.6 Å². The van der Waals surface area contributed by atoms with Crippen LogP contribution in [-0.4, -0.2) is 18.1 Å². The fourth-order valence-electron chi connectivity index (χ4n) is 2.59. The minimum absolute atomic E-state index is 0.776. The largest absolute Gasteiger partial charge is 0.396 e. The van der Waals surface area contributed by atoms with Crippen molar-refractivity contribution in [3.8, 4) is 11.1 Å². The Balaban J connectivity index is 2.11. The fourth-order valence-corrected chi connectivity index (χ4v) is 2.59. The smallest absolute Gasteiger partial charge is 0.0744 e. The Labute approximate surface area is 107 Å². The number of rotatable bonds is 2. The van der Waals surface area contributed by atoms with Gasteiger partial charge in [0.15, 0.2) is 0 Å². The van der Waals surface area contributed by atoms with E-state index in [0.29, 0.717) is 0 Å². The number of benzene rings is 1. The SMILES string of the molecule is Nc1cncc(-c2ccccc2)c1N1CCCC1. The highest BCUT2D eigenvalue weighted by molar-refractivity contribution is 5.86. The van der Waals surface area contributed by atoms with Gasteiger partial charge < -0.3 is 10.6 Å². The van der Waals surface area contributed by atoms with Crippen LogP contribution in [0.2, 0.25) is 0 Å². The highest BCUT2D eigenvalue weighted by atomic mass is 15.2. The van der Waals surface area contributed by atoms with Crippen molar-refractivity contribution in [2.75, 3.05) is 23.7 Å². The van der Waals surface area contributed by atoms with Crippen molar-refractivity contribution >= 4 is 11.4 Å². The van der Waals surface area contributed by atoms with E-state index in [9.17, 15) is 0 Å². The second kappa shape index (κ2) is 4.69. The molecule has 1 aliphatic heterocycles. The number of hydrogen-bond acceptors (Lipinski definition) is 3. The van der Waals surface area contributed by atoms with Crippen molar-refractivity contribution in [3.05, 3.63) is 42.7 Å². The van der Waals surface area contributed by atoms with Crippen molar-refractivity contribution in [2.45, 2.75) is 12.8 Å². The maximum atomic E-state index is 6.13. The molecule has 1 aliphatic rings. The number of pyridine rings is 1. The molecule has 1 aromatic carbocycles. The Morgan fingerprint density at radius 3 is 2.44 bits per heavy atom. The van der Waals surface area contributed by atoms with E-state index < -0.39 is 0 Å². The molecule has 2 N–H and O–H groups in total. The summed E-state index contributed by atoms with van der Waals surface area (Å²) in [6.45, 7) is 2.18. The van der Waals surface area contributed by atoms with Gasteiger partial charge in [-0.1, -0.05) is 30.3 Å². The van der Waals surface area contributed by atoms with Crippen LogP contribution in [0.3, 0.4) is 0 Å². The average molecular weight is 239 g/mol. The van der Waals surface area contributed by atoms with Gasteiger partial charge >= 0.3 is 0 Å². The Hall–Kier alpha value is -2.03. The van der Waals surface area contributed by atoms with Crippen LogP contribution in [0.4, 0.5) is 11.4 Å². The lowest BCUT2D eigenvalue weighted by Crippen LogP contribution is -2.20. The van der Waals surface area contributed by atoms with Gasteiger partial charge in [0.2, 0.25) is 0 Å². The first kappa shape index (κ1) is 11.1. The zero-order valence-electron chi connectivity index (χ0n) is 10.3. The van der Waals surface area contributed by atoms with Crippen LogP contribution in [0, 0.1) is 0 Å². The molecule has 3 nitrogen and oxygen atoms in total. The Morgan fingerprint density at radius 1 is 1.00 bits per heavy atom. The van der Waals surface area contributed by atoms with E-state index >= 15 is 0 Å². The highest BCUT2D eigenvalue weighted by Crippen LogP contribution is 2.36. The van der Waals surface area contributed by atoms with E-state index in [1.807, 2.05) is 24.4 Å². The molecule has 3 heteroatoms. The number of nitrogens with two attached hydrogens (primary N) is 1. The van der Waals surface area contributed by atoms with Gasteiger partial charge in [-0.05, 0) is 18.4 Å². The molecule has 3 rings (SSSR count). The average Bonchev–Trinajstić information content (AvgIpc) is 2.93. The maximum Gasteiger partial charge on any atom is 0.0744 e. The Kier molecular flexibility index (Phi) is 2.89. The van der Waals surface area contributed by atoms with Crippen LogP contribution in [0.1, 0.15) is 12.8 Å². The van der Waals surface area contributed by atoms with Crippen LogP contribution < -0.4 is 10.6 Å². The molecule has 1 aromatic heterocycles. The molecule has 2 aromatic rings. The number of nitrogens with zero attached hydrogens (tertiary/aromatic N) is 2. The van der Waals surface area contributed by atoms with E-state index in [2.05, 4.69) is 22.0 Å². The van der Waals surface area contributed by atoms with Crippen molar-refractivity contribution < 1.29 is 0 Å². The zero-order chi connectivity index (χ0) is 12.4. The molecule has 0 amide bonds. The highest BCUT2D eigenvalue weighted by Gasteiger charge is 2.19. The first-order chi connectivity index (χ1) is 8.86. The van der Waals surface area contributed by atoms with E-state index in [1.165, 1.54) is 18.4 Å². The predicted molar refractivity (Wildman–Crippen MR) is 75.5 cm³/mol. The summed E-state index contributed by atoms with van der Waals surface area (Å²) in [6, 6.07) is 10.3. The summed E-state index contributed by atoms with van der Waals surface area (Å²) in [7, 11) is 0. The molecule has 92 valence electrons. The summed E-state index contributed by atoms with van der Waals surface area (Å²) in [5, 5.41) is 0. The second-order valence-electron chi connectivity index (χ2n) is 4.69. The third kappa shape index (κ3) is 1.92. The summed E-state index contributed by atoms with van der Waals surface area (Å²) < 4.78 is 0. The van der Waals surface area contributed by atoms with Crippen LogP contribution >= 0.6 is 0 Å². The van der Waals surface area contributed by atoms with Gasteiger partial charge in [0.25, 0.3) is 0 Å². The van der Waals surface area contributed by atoms with Crippen LogP contribution in [-0.2, 0) is 0 Å². The Bertz CT molecular complexity index is 531. The Morgan fingerprint density at radius 2 is 1.72 bits per heavy atom. The third-order valence-electron chi connectivity index (χ3n) is 3.45. The molecule has 18 heavy (non-hydrogen) atoms. The van der Waals surface area contributed by atoms with Crippen LogP contribution in [0.5, 0.6) is 0 Å². The first-order valence-electron chi connectivity index (χ1n) is 6.40. The van der Waals surface area contributed by atoms with E-state index in [4.69, 9.17) is 5.73 Å². The number of aromatic nitrogens is 1. The molecule has 0 unspecified atom stereocenters. The first-order valence-corrected chi connectivity index (χ1v) is 6.40. The van der Waals surface area contributed by atoms with Gasteiger partial charge in [0.1, 0.15) is 0 Å². The van der Waals surface area contributed by atoms with Crippen molar-refractivity contribution in [3.63, 3.8) is 0 Å². The standard InChI is InChI=1S/C15H17N3/c16-14-11-17-10-13(12-6-2-1-3-7-12)15(14)18-8-4-5-9-18/h1-3,6-7,10-11H,4-5,8-9,16H2. The molecule has 0 aliphatic carbocycles. The quantitative estimate of drug-likeness (QED) is 0.876. The summed E-state index contributed by atoms with van der Waals surface area (Å²) in [5.74, 6) is 0. The second-order valence-corrected chi connectivity index (χ2v) is 4.69. The van der Waals surface area contributed by atoms with Gasteiger partial charge in [-0.15, -0.1) is 0 Å². The third-order valence-corrected chi connectivity index (χ3v) is 3.45. The van der Waals surface area contributed by atoms with Crippen molar-refractivity contribution in [2.24, 2.45) is 0 Å².